The third-order valence-electron chi connectivity index (χ3n) is 1.75. The molecule has 1 N–H and O–H groups in total. The molecule has 1 rings (SSSR count). The fraction of sp³-hybridized carbons (Fsp3) is 0.545. The molecule has 0 spiro atoms. The summed E-state index contributed by atoms with van der Waals surface area (Å²) in [5.74, 6) is 0. The van der Waals surface area contributed by atoms with Crippen molar-refractivity contribution in [2.45, 2.75) is 39.3 Å². The maximum Gasteiger partial charge on any atom is 0.408 e. The van der Waals surface area contributed by atoms with Crippen molar-refractivity contribution in [1.82, 2.24) is 5.32 Å². The lowest BCUT2D eigenvalue weighted by Crippen LogP contribution is -2.33. The Morgan fingerprint density at radius 3 is 2.56 bits per heavy atom. The average molecular weight is 306 g/mol. The fourth-order valence-electron chi connectivity index (χ4n) is 1.12. The number of nitrogens with one attached hydrogen (secondary N) is 1. The van der Waals surface area contributed by atoms with Crippen molar-refractivity contribution in [2.24, 2.45) is 0 Å². The molecule has 0 unspecified atom stereocenters. The number of ether oxygens (including phenoxy) is 1. The molecule has 0 saturated heterocycles. The molecule has 5 heteroatoms. The molecule has 3 nitrogen and oxygen atoms in total. The first-order valence-electron chi connectivity index (χ1n) is 5.02. The van der Waals surface area contributed by atoms with E-state index in [4.69, 9.17) is 4.74 Å². The van der Waals surface area contributed by atoms with Gasteiger partial charge in [0.05, 0.1) is 9.83 Å². The van der Waals surface area contributed by atoms with Gasteiger partial charge in [-0.05, 0) is 55.8 Å². The Labute approximate surface area is 108 Å². The molecule has 0 bridgehead atoms. The Morgan fingerprint density at radius 2 is 2.12 bits per heavy atom. The van der Waals surface area contributed by atoms with Crippen LogP contribution < -0.4 is 5.32 Å². The zero-order valence-electron chi connectivity index (χ0n) is 9.83. The molecule has 0 radical (unpaired) electrons. The largest absolute Gasteiger partial charge is 0.444 e. The molecule has 1 amide bonds. The topological polar surface area (TPSA) is 38.3 Å². The van der Waals surface area contributed by atoms with Gasteiger partial charge >= 0.3 is 6.09 Å². The Bertz CT molecular complexity index is 370. The smallest absolute Gasteiger partial charge is 0.408 e. The molecule has 0 saturated carbocycles. The second-order valence-corrected chi connectivity index (χ2v) is 7.00. The van der Waals surface area contributed by atoms with E-state index in [1.54, 1.807) is 11.3 Å². The van der Waals surface area contributed by atoms with Crippen LogP contribution >= 0.6 is 27.3 Å². The molecule has 1 atom stereocenters. The van der Waals surface area contributed by atoms with Crippen LogP contribution in [0.4, 0.5) is 4.79 Å². The Morgan fingerprint density at radius 1 is 1.50 bits per heavy atom. The van der Waals surface area contributed by atoms with Gasteiger partial charge in [-0.1, -0.05) is 0 Å². The molecule has 1 aromatic heterocycles. The number of alkyl carbamates (subject to hydrolysis) is 1. The minimum atomic E-state index is -0.458. The normalized spacial score (nSPS) is 13.3. The summed E-state index contributed by atoms with van der Waals surface area (Å²) in [5, 5.41) is 2.79. The molecule has 1 heterocycles. The summed E-state index contributed by atoms with van der Waals surface area (Å²) in [5.41, 5.74) is -0.458. The maximum absolute atomic E-state index is 11.5. The predicted octanol–water partition coefficient (Wildman–Crippen LogP) is 4.10. The van der Waals surface area contributed by atoms with Gasteiger partial charge in [-0.2, -0.15) is 0 Å². The summed E-state index contributed by atoms with van der Waals surface area (Å²) in [6.45, 7) is 7.47. The first kappa shape index (κ1) is 13.5. The number of rotatable bonds is 2. The van der Waals surface area contributed by atoms with E-state index >= 15 is 0 Å². The number of hydrogen-bond acceptors (Lipinski definition) is 3. The standard InChI is InChI=1S/C11H16BrNO2S/c1-7(8-5-6-9(12)16-8)13-10(14)15-11(2,3)4/h5-7H,1-4H3,(H,13,14)/t7-/m0/s1. The number of carbonyl (C=O) groups excluding carboxylic acids is 1. The van der Waals surface area contributed by atoms with E-state index in [0.29, 0.717) is 0 Å². The number of halogens is 1. The summed E-state index contributed by atoms with van der Waals surface area (Å²) in [6.07, 6.45) is -0.385. The van der Waals surface area contributed by atoms with Gasteiger partial charge in [0.15, 0.2) is 0 Å². The molecule has 0 aromatic carbocycles. The third-order valence-corrected chi connectivity index (χ3v) is 3.56. The molecule has 1 aromatic rings. The number of amides is 1. The zero-order valence-corrected chi connectivity index (χ0v) is 12.2. The summed E-state index contributed by atoms with van der Waals surface area (Å²) in [7, 11) is 0. The van der Waals surface area contributed by atoms with Crippen molar-refractivity contribution < 1.29 is 9.53 Å². The van der Waals surface area contributed by atoms with Crippen molar-refractivity contribution in [1.29, 1.82) is 0 Å². The van der Waals surface area contributed by atoms with Crippen LogP contribution in [0.3, 0.4) is 0 Å². The molecule has 0 aliphatic rings. The van der Waals surface area contributed by atoms with E-state index in [1.165, 1.54) is 0 Å². The first-order valence-corrected chi connectivity index (χ1v) is 6.63. The van der Waals surface area contributed by atoms with Gasteiger partial charge in [0.2, 0.25) is 0 Å². The van der Waals surface area contributed by atoms with Gasteiger partial charge in [-0.15, -0.1) is 11.3 Å². The van der Waals surface area contributed by atoms with Crippen LogP contribution in [0.1, 0.15) is 38.6 Å². The van der Waals surface area contributed by atoms with Crippen molar-refractivity contribution in [3.05, 3.63) is 20.8 Å². The molecular formula is C11H16BrNO2S. The van der Waals surface area contributed by atoms with Crippen molar-refractivity contribution in [3.8, 4) is 0 Å². The average Bonchev–Trinajstić information content (AvgIpc) is 2.47. The minimum absolute atomic E-state index is 0.0360. The number of carbonyl (C=O) groups is 1. The van der Waals surface area contributed by atoms with Crippen LogP contribution in [0.15, 0.2) is 15.9 Å². The van der Waals surface area contributed by atoms with Crippen LogP contribution in [0.25, 0.3) is 0 Å². The first-order chi connectivity index (χ1) is 7.28. The summed E-state index contributed by atoms with van der Waals surface area (Å²) >= 11 is 4.99. The van der Waals surface area contributed by atoms with Gasteiger partial charge in [-0.25, -0.2) is 4.79 Å². The number of thiophene rings is 1. The molecule has 0 aliphatic heterocycles. The van der Waals surface area contributed by atoms with Crippen LogP contribution in [-0.4, -0.2) is 11.7 Å². The molecule has 0 fully saturated rings. The van der Waals surface area contributed by atoms with Crippen molar-refractivity contribution in [2.75, 3.05) is 0 Å². The highest BCUT2D eigenvalue weighted by molar-refractivity contribution is 9.11. The predicted molar refractivity (Wildman–Crippen MR) is 69.8 cm³/mol. The maximum atomic E-state index is 11.5. The lowest BCUT2D eigenvalue weighted by Gasteiger charge is -2.21. The lowest BCUT2D eigenvalue weighted by molar-refractivity contribution is 0.0509. The van der Waals surface area contributed by atoms with Crippen LogP contribution in [-0.2, 0) is 4.74 Å². The van der Waals surface area contributed by atoms with Crippen LogP contribution in [0.5, 0.6) is 0 Å². The van der Waals surface area contributed by atoms with Crippen molar-refractivity contribution >= 4 is 33.4 Å². The summed E-state index contributed by atoms with van der Waals surface area (Å²) in [4.78, 5) is 12.6. The van der Waals surface area contributed by atoms with Gasteiger partial charge in [-0.3, -0.25) is 0 Å². The molecule has 0 aliphatic carbocycles. The highest BCUT2D eigenvalue weighted by Gasteiger charge is 2.18. The lowest BCUT2D eigenvalue weighted by atomic mass is 10.2. The SMILES string of the molecule is C[C@H](NC(=O)OC(C)(C)C)c1ccc(Br)s1. The van der Waals surface area contributed by atoms with E-state index in [0.717, 1.165) is 8.66 Å². The fourth-order valence-corrected chi connectivity index (χ4v) is 2.54. The third kappa shape index (κ3) is 4.53. The quantitative estimate of drug-likeness (QED) is 0.893. The monoisotopic (exact) mass is 305 g/mol. The van der Waals surface area contributed by atoms with Crippen molar-refractivity contribution in [3.63, 3.8) is 0 Å². The van der Waals surface area contributed by atoms with E-state index in [-0.39, 0.29) is 12.1 Å². The Kier molecular flexibility index (Phi) is 4.38. The second kappa shape index (κ2) is 5.19. The Hall–Kier alpha value is -0.550. The van der Waals surface area contributed by atoms with Gasteiger partial charge in [0.1, 0.15) is 5.60 Å². The minimum Gasteiger partial charge on any atom is -0.444 e. The van der Waals surface area contributed by atoms with E-state index < -0.39 is 5.60 Å². The van der Waals surface area contributed by atoms with E-state index in [9.17, 15) is 4.79 Å². The van der Waals surface area contributed by atoms with E-state index in [2.05, 4.69) is 21.2 Å². The number of hydrogen-bond donors (Lipinski definition) is 1. The summed E-state index contributed by atoms with van der Waals surface area (Å²) < 4.78 is 6.24. The molecular weight excluding hydrogens is 290 g/mol. The van der Waals surface area contributed by atoms with Gasteiger partial charge in [0.25, 0.3) is 0 Å². The van der Waals surface area contributed by atoms with E-state index in [1.807, 2.05) is 39.8 Å². The van der Waals surface area contributed by atoms with Crippen LogP contribution in [0, 0.1) is 0 Å². The molecule has 90 valence electrons. The second-order valence-electron chi connectivity index (χ2n) is 4.51. The highest BCUT2D eigenvalue weighted by atomic mass is 79.9. The van der Waals surface area contributed by atoms with Gasteiger partial charge < -0.3 is 10.1 Å². The highest BCUT2D eigenvalue weighted by Crippen LogP contribution is 2.27. The Balaban J connectivity index is 2.52. The summed E-state index contributed by atoms with van der Waals surface area (Å²) in [6, 6.07) is 3.91. The molecule has 16 heavy (non-hydrogen) atoms. The van der Waals surface area contributed by atoms with Crippen LogP contribution in [0.2, 0.25) is 0 Å². The van der Waals surface area contributed by atoms with Gasteiger partial charge in [0, 0.05) is 4.88 Å². The zero-order chi connectivity index (χ0) is 12.3.